The Morgan fingerprint density at radius 3 is 2.83 bits per heavy atom. The van der Waals surface area contributed by atoms with Crippen molar-refractivity contribution in [3.63, 3.8) is 0 Å². The van der Waals surface area contributed by atoms with Gasteiger partial charge in [0.1, 0.15) is 5.82 Å². The maximum absolute atomic E-state index is 13.5. The highest BCUT2D eigenvalue weighted by atomic mass is 79.9. The normalized spacial score (nSPS) is 10.1. The van der Waals surface area contributed by atoms with Crippen molar-refractivity contribution in [1.29, 1.82) is 0 Å². The van der Waals surface area contributed by atoms with Crippen molar-refractivity contribution in [3.05, 3.63) is 52.5 Å². The summed E-state index contributed by atoms with van der Waals surface area (Å²) in [6.07, 6.45) is 2.82. The number of nitrogens with zero attached hydrogens (tertiary/aromatic N) is 1. The Labute approximate surface area is 111 Å². The molecule has 0 spiro atoms. The van der Waals surface area contributed by atoms with Crippen LogP contribution in [0.2, 0.25) is 0 Å². The van der Waals surface area contributed by atoms with Crippen LogP contribution < -0.4 is 11.1 Å². The Morgan fingerprint density at radius 2 is 2.17 bits per heavy atom. The number of anilines is 2. The zero-order valence-electron chi connectivity index (χ0n) is 9.15. The monoisotopic (exact) mass is 309 g/mol. The van der Waals surface area contributed by atoms with Gasteiger partial charge in [0.05, 0.1) is 23.1 Å². The molecule has 0 bridgehead atoms. The van der Waals surface area contributed by atoms with Gasteiger partial charge in [0.15, 0.2) is 0 Å². The predicted molar refractivity (Wildman–Crippen MR) is 70.7 cm³/mol. The van der Waals surface area contributed by atoms with E-state index >= 15 is 0 Å². The molecule has 1 aromatic carbocycles. The van der Waals surface area contributed by atoms with E-state index in [-0.39, 0.29) is 16.9 Å². The molecule has 4 nitrogen and oxygen atoms in total. The van der Waals surface area contributed by atoms with Gasteiger partial charge >= 0.3 is 0 Å². The maximum atomic E-state index is 13.5. The lowest BCUT2D eigenvalue weighted by Gasteiger charge is -2.08. The van der Waals surface area contributed by atoms with Crippen LogP contribution in [0.3, 0.4) is 0 Å². The number of rotatable bonds is 2. The number of benzene rings is 1. The smallest absolute Gasteiger partial charge is 0.257 e. The first kappa shape index (κ1) is 12.5. The van der Waals surface area contributed by atoms with Crippen LogP contribution >= 0.6 is 15.9 Å². The summed E-state index contributed by atoms with van der Waals surface area (Å²) in [6, 6.07) is 5.84. The van der Waals surface area contributed by atoms with Crippen LogP contribution in [0.1, 0.15) is 10.4 Å². The van der Waals surface area contributed by atoms with Crippen LogP contribution in [0.15, 0.2) is 41.1 Å². The number of nitrogen functional groups attached to an aromatic ring is 1. The van der Waals surface area contributed by atoms with E-state index in [9.17, 15) is 9.18 Å². The minimum absolute atomic E-state index is 0.0967. The number of nitrogens with one attached hydrogen (secondary N) is 1. The fourth-order valence-corrected chi connectivity index (χ4v) is 1.73. The minimum atomic E-state index is -0.523. The zero-order valence-corrected chi connectivity index (χ0v) is 10.7. The van der Waals surface area contributed by atoms with Gasteiger partial charge in [-0.15, -0.1) is 0 Å². The van der Waals surface area contributed by atoms with Gasteiger partial charge in [-0.2, -0.15) is 0 Å². The van der Waals surface area contributed by atoms with Crippen molar-refractivity contribution in [2.75, 3.05) is 11.1 Å². The largest absolute Gasteiger partial charge is 0.397 e. The van der Waals surface area contributed by atoms with Crippen LogP contribution in [0, 0.1) is 5.82 Å². The molecule has 0 atom stereocenters. The standard InChI is InChI=1S/C12H9BrFN3O/c13-7-1-2-11(9(14)5-7)17-12(18)8-3-4-16-6-10(8)15/h1-6H,15H2,(H,17,18). The second-order valence-electron chi connectivity index (χ2n) is 3.54. The summed E-state index contributed by atoms with van der Waals surface area (Å²) in [4.78, 5) is 15.7. The van der Waals surface area contributed by atoms with Gasteiger partial charge < -0.3 is 11.1 Å². The zero-order chi connectivity index (χ0) is 13.1. The number of amides is 1. The molecule has 0 saturated carbocycles. The van der Waals surface area contributed by atoms with E-state index in [0.717, 1.165) is 0 Å². The SMILES string of the molecule is Nc1cnccc1C(=O)Nc1ccc(Br)cc1F. The second-order valence-corrected chi connectivity index (χ2v) is 4.46. The lowest BCUT2D eigenvalue weighted by Crippen LogP contribution is -2.15. The summed E-state index contributed by atoms with van der Waals surface area (Å²) in [5.74, 6) is -0.999. The van der Waals surface area contributed by atoms with Crippen LogP contribution in [-0.2, 0) is 0 Å². The van der Waals surface area contributed by atoms with Crippen molar-refractivity contribution in [2.45, 2.75) is 0 Å². The Kier molecular flexibility index (Phi) is 3.57. The quantitative estimate of drug-likeness (QED) is 0.896. The summed E-state index contributed by atoms with van der Waals surface area (Å²) in [7, 11) is 0. The Balaban J connectivity index is 2.24. The van der Waals surface area contributed by atoms with E-state index in [0.29, 0.717) is 4.47 Å². The topological polar surface area (TPSA) is 68.0 Å². The van der Waals surface area contributed by atoms with E-state index in [4.69, 9.17) is 5.73 Å². The molecule has 2 rings (SSSR count). The first-order valence-electron chi connectivity index (χ1n) is 5.04. The third-order valence-corrected chi connectivity index (χ3v) is 2.77. The Bertz CT molecular complexity index is 604. The van der Waals surface area contributed by atoms with E-state index in [1.165, 1.54) is 30.6 Å². The molecule has 1 heterocycles. The van der Waals surface area contributed by atoms with Crippen molar-refractivity contribution < 1.29 is 9.18 Å². The molecule has 3 N–H and O–H groups in total. The third kappa shape index (κ3) is 2.65. The molecule has 2 aromatic rings. The molecule has 0 aliphatic carbocycles. The maximum Gasteiger partial charge on any atom is 0.257 e. The average Bonchev–Trinajstić information content (AvgIpc) is 2.33. The number of hydrogen-bond acceptors (Lipinski definition) is 3. The first-order chi connectivity index (χ1) is 8.58. The summed E-state index contributed by atoms with van der Waals surface area (Å²) < 4.78 is 14.1. The number of carbonyl (C=O) groups is 1. The van der Waals surface area contributed by atoms with Gasteiger partial charge in [-0.1, -0.05) is 15.9 Å². The number of aromatic nitrogens is 1. The van der Waals surface area contributed by atoms with Gasteiger partial charge in [-0.3, -0.25) is 9.78 Å². The van der Waals surface area contributed by atoms with Gasteiger partial charge in [0.2, 0.25) is 0 Å². The number of nitrogens with two attached hydrogens (primary N) is 1. The van der Waals surface area contributed by atoms with Crippen molar-refractivity contribution in [3.8, 4) is 0 Å². The molecule has 1 aromatic heterocycles. The molecule has 0 saturated heterocycles. The summed E-state index contributed by atoms with van der Waals surface area (Å²) in [5.41, 5.74) is 6.21. The molecule has 92 valence electrons. The molecule has 0 fully saturated rings. The molecule has 0 radical (unpaired) electrons. The molecular formula is C12H9BrFN3O. The first-order valence-corrected chi connectivity index (χ1v) is 5.83. The molecule has 6 heteroatoms. The fourth-order valence-electron chi connectivity index (χ4n) is 1.39. The van der Waals surface area contributed by atoms with E-state index in [1.807, 2.05) is 0 Å². The number of carbonyl (C=O) groups excluding carboxylic acids is 1. The van der Waals surface area contributed by atoms with Gasteiger partial charge in [-0.25, -0.2) is 4.39 Å². The van der Waals surface area contributed by atoms with E-state index < -0.39 is 11.7 Å². The minimum Gasteiger partial charge on any atom is -0.397 e. The van der Waals surface area contributed by atoms with Gasteiger partial charge in [0, 0.05) is 10.7 Å². The lowest BCUT2D eigenvalue weighted by atomic mass is 10.2. The Hall–Kier alpha value is -1.95. The van der Waals surface area contributed by atoms with Crippen molar-refractivity contribution in [2.24, 2.45) is 0 Å². The molecule has 0 unspecified atom stereocenters. The van der Waals surface area contributed by atoms with E-state index in [2.05, 4.69) is 26.2 Å². The lowest BCUT2D eigenvalue weighted by molar-refractivity contribution is 0.102. The van der Waals surface area contributed by atoms with Crippen LogP contribution in [0.5, 0.6) is 0 Å². The van der Waals surface area contributed by atoms with Gasteiger partial charge in [-0.05, 0) is 24.3 Å². The molecule has 0 aliphatic rings. The Morgan fingerprint density at radius 1 is 1.39 bits per heavy atom. The number of hydrogen-bond donors (Lipinski definition) is 2. The summed E-state index contributed by atoms with van der Waals surface area (Å²) in [5, 5.41) is 2.45. The predicted octanol–water partition coefficient (Wildman–Crippen LogP) is 2.82. The summed E-state index contributed by atoms with van der Waals surface area (Å²) >= 11 is 3.14. The number of pyridine rings is 1. The van der Waals surface area contributed by atoms with E-state index in [1.54, 1.807) is 6.07 Å². The highest BCUT2D eigenvalue weighted by Gasteiger charge is 2.12. The van der Waals surface area contributed by atoms with Crippen LogP contribution in [0.4, 0.5) is 15.8 Å². The highest BCUT2D eigenvalue weighted by molar-refractivity contribution is 9.10. The van der Waals surface area contributed by atoms with Crippen LogP contribution in [-0.4, -0.2) is 10.9 Å². The van der Waals surface area contributed by atoms with Crippen molar-refractivity contribution in [1.82, 2.24) is 4.98 Å². The fraction of sp³-hybridized carbons (Fsp3) is 0. The van der Waals surface area contributed by atoms with Crippen LogP contribution in [0.25, 0.3) is 0 Å². The molecule has 0 aliphatic heterocycles. The average molecular weight is 310 g/mol. The molecular weight excluding hydrogens is 301 g/mol. The van der Waals surface area contributed by atoms with Gasteiger partial charge in [0.25, 0.3) is 5.91 Å². The highest BCUT2D eigenvalue weighted by Crippen LogP contribution is 2.20. The molecule has 18 heavy (non-hydrogen) atoms. The molecule has 1 amide bonds. The number of halogens is 2. The van der Waals surface area contributed by atoms with Crippen molar-refractivity contribution >= 4 is 33.2 Å². The third-order valence-electron chi connectivity index (χ3n) is 2.28. The second kappa shape index (κ2) is 5.14. The summed E-state index contributed by atoms with van der Waals surface area (Å²) in [6.45, 7) is 0.